The minimum atomic E-state index is -0.417. The highest BCUT2D eigenvalue weighted by atomic mass is 79.9. The molecule has 2 heterocycles. The highest BCUT2D eigenvalue weighted by Crippen LogP contribution is 2.39. The van der Waals surface area contributed by atoms with E-state index in [1.54, 1.807) is 18.2 Å². The lowest BCUT2D eigenvalue weighted by Gasteiger charge is -2.21. The van der Waals surface area contributed by atoms with Crippen LogP contribution in [0.25, 0.3) is 11.3 Å². The van der Waals surface area contributed by atoms with Crippen LogP contribution < -0.4 is 5.01 Å². The van der Waals surface area contributed by atoms with E-state index in [0.29, 0.717) is 22.8 Å². The SMILES string of the molecule is O=[N+]([O-])c1cccc(C2=NN(c3nc(-c4ccc(Br)cc4)cs3)[C@@H](c3ccc(F)cc3)C2)c1. The van der Waals surface area contributed by atoms with Crippen molar-refractivity contribution in [2.45, 2.75) is 12.5 Å². The molecule has 0 fully saturated rings. The molecule has 0 unspecified atom stereocenters. The molecule has 0 bridgehead atoms. The Morgan fingerprint density at radius 2 is 1.82 bits per heavy atom. The first kappa shape index (κ1) is 21.4. The van der Waals surface area contributed by atoms with Crippen molar-refractivity contribution in [3.8, 4) is 11.3 Å². The summed E-state index contributed by atoms with van der Waals surface area (Å²) in [7, 11) is 0. The minimum absolute atomic E-state index is 0.0127. The van der Waals surface area contributed by atoms with Crippen LogP contribution in [-0.2, 0) is 0 Å². The van der Waals surface area contributed by atoms with Crippen molar-refractivity contribution in [2.75, 3.05) is 5.01 Å². The molecule has 164 valence electrons. The van der Waals surface area contributed by atoms with Crippen LogP contribution in [0.1, 0.15) is 23.6 Å². The van der Waals surface area contributed by atoms with Crippen LogP contribution in [-0.4, -0.2) is 15.6 Å². The second kappa shape index (κ2) is 8.84. The Morgan fingerprint density at radius 1 is 1.06 bits per heavy atom. The molecule has 1 aliphatic rings. The number of rotatable bonds is 5. The van der Waals surface area contributed by atoms with Crippen LogP contribution >= 0.6 is 27.3 Å². The average Bonchev–Trinajstić information content (AvgIpc) is 3.48. The maximum atomic E-state index is 13.6. The van der Waals surface area contributed by atoms with Gasteiger partial charge < -0.3 is 0 Å². The molecular formula is C24H16BrFN4O2S. The lowest BCUT2D eigenvalue weighted by molar-refractivity contribution is -0.384. The Hall–Kier alpha value is -3.43. The zero-order valence-corrected chi connectivity index (χ0v) is 19.5. The third kappa shape index (κ3) is 4.42. The van der Waals surface area contributed by atoms with Gasteiger partial charge in [-0.05, 0) is 29.8 Å². The van der Waals surface area contributed by atoms with Crippen molar-refractivity contribution in [1.29, 1.82) is 0 Å². The van der Waals surface area contributed by atoms with Crippen LogP contribution in [0.5, 0.6) is 0 Å². The number of aromatic nitrogens is 1. The molecule has 33 heavy (non-hydrogen) atoms. The highest BCUT2D eigenvalue weighted by molar-refractivity contribution is 9.10. The normalized spacial score (nSPS) is 15.5. The van der Waals surface area contributed by atoms with Crippen molar-refractivity contribution in [3.05, 3.63) is 110 Å². The number of hydrazone groups is 1. The molecule has 1 aliphatic heterocycles. The van der Waals surface area contributed by atoms with E-state index in [0.717, 1.165) is 21.3 Å². The van der Waals surface area contributed by atoms with Crippen molar-refractivity contribution in [1.82, 2.24) is 4.98 Å². The van der Waals surface area contributed by atoms with E-state index >= 15 is 0 Å². The van der Waals surface area contributed by atoms with Gasteiger partial charge in [-0.15, -0.1) is 11.3 Å². The molecule has 0 aliphatic carbocycles. The molecule has 9 heteroatoms. The van der Waals surface area contributed by atoms with Gasteiger partial charge in [0.15, 0.2) is 0 Å². The molecule has 0 radical (unpaired) electrons. The first-order valence-corrected chi connectivity index (χ1v) is 11.7. The van der Waals surface area contributed by atoms with Gasteiger partial charge >= 0.3 is 0 Å². The van der Waals surface area contributed by atoms with E-state index in [4.69, 9.17) is 10.1 Å². The molecular weight excluding hydrogens is 507 g/mol. The Bertz CT molecular complexity index is 1360. The van der Waals surface area contributed by atoms with Crippen molar-refractivity contribution in [2.24, 2.45) is 5.10 Å². The number of hydrogen-bond acceptors (Lipinski definition) is 6. The maximum Gasteiger partial charge on any atom is 0.270 e. The number of anilines is 1. The molecule has 5 rings (SSSR count). The van der Waals surface area contributed by atoms with Crippen LogP contribution in [0.15, 0.2) is 87.8 Å². The largest absolute Gasteiger partial charge is 0.270 e. The van der Waals surface area contributed by atoms with E-state index in [1.165, 1.54) is 35.6 Å². The molecule has 6 nitrogen and oxygen atoms in total. The summed E-state index contributed by atoms with van der Waals surface area (Å²) in [5.41, 5.74) is 4.12. The predicted molar refractivity (Wildman–Crippen MR) is 131 cm³/mol. The Balaban J connectivity index is 1.54. The molecule has 1 atom stereocenters. The summed E-state index contributed by atoms with van der Waals surface area (Å²) in [6.45, 7) is 0. The Morgan fingerprint density at radius 3 is 2.55 bits per heavy atom. The fourth-order valence-electron chi connectivity index (χ4n) is 3.73. The average molecular weight is 523 g/mol. The fraction of sp³-hybridized carbons (Fsp3) is 0.0833. The zero-order valence-electron chi connectivity index (χ0n) is 17.1. The lowest BCUT2D eigenvalue weighted by Crippen LogP contribution is -2.18. The standard InChI is InChI=1S/C24H16BrFN4O2S/c25-18-8-4-15(5-9-18)22-14-33-24(27-22)29-23(16-6-10-19(26)11-7-16)13-21(28-29)17-2-1-3-20(12-17)30(31)32/h1-12,14,23H,13H2/t23-/m1/s1. The first-order chi connectivity index (χ1) is 16.0. The zero-order chi connectivity index (χ0) is 22.9. The van der Waals surface area contributed by atoms with Gasteiger partial charge in [0, 0.05) is 39.5 Å². The summed E-state index contributed by atoms with van der Waals surface area (Å²) in [5, 5.41) is 20.5. The molecule has 0 saturated heterocycles. The van der Waals surface area contributed by atoms with E-state index in [1.807, 2.05) is 40.7 Å². The molecule has 0 amide bonds. The summed E-state index contributed by atoms with van der Waals surface area (Å²) in [4.78, 5) is 15.6. The van der Waals surface area contributed by atoms with E-state index in [-0.39, 0.29) is 17.5 Å². The number of non-ortho nitro benzene ring substituents is 1. The Labute approximate surface area is 201 Å². The molecule has 1 aromatic heterocycles. The number of nitrogens with zero attached hydrogens (tertiary/aromatic N) is 4. The monoisotopic (exact) mass is 522 g/mol. The Kier molecular flexibility index (Phi) is 5.74. The van der Waals surface area contributed by atoms with Crippen LogP contribution in [0.4, 0.5) is 15.2 Å². The molecule has 0 spiro atoms. The number of nitro groups is 1. The lowest BCUT2D eigenvalue weighted by atomic mass is 9.98. The van der Waals surface area contributed by atoms with E-state index in [9.17, 15) is 14.5 Å². The topological polar surface area (TPSA) is 71.6 Å². The van der Waals surface area contributed by atoms with Crippen molar-refractivity contribution in [3.63, 3.8) is 0 Å². The van der Waals surface area contributed by atoms with Crippen molar-refractivity contribution >= 4 is 43.8 Å². The molecule has 3 aromatic carbocycles. The third-order valence-electron chi connectivity index (χ3n) is 5.38. The molecule has 0 saturated carbocycles. The second-order valence-electron chi connectivity index (χ2n) is 7.49. The number of thiazole rings is 1. The number of hydrogen-bond donors (Lipinski definition) is 0. The summed E-state index contributed by atoms with van der Waals surface area (Å²) in [6, 6.07) is 20.5. The predicted octanol–water partition coefficient (Wildman–Crippen LogP) is 6.98. The number of nitro benzene ring substituents is 1. The van der Waals surface area contributed by atoms with E-state index in [2.05, 4.69) is 15.9 Å². The van der Waals surface area contributed by atoms with Gasteiger partial charge in [0.05, 0.1) is 22.4 Å². The van der Waals surface area contributed by atoms with Gasteiger partial charge in [-0.2, -0.15) is 5.10 Å². The van der Waals surface area contributed by atoms with Gasteiger partial charge in [-0.25, -0.2) is 14.4 Å². The minimum Gasteiger partial charge on any atom is -0.258 e. The van der Waals surface area contributed by atoms with Gasteiger partial charge in [-0.3, -0.25) is 10.1 Å². The maximum absolute atomic E-state index is 13.6. The summed E-state index contributed by atoms with van der Waals surface area (Å²) in [6.07, 6.45) is 0.514. The summed E-state index contributed by atoms with van der Waals surface area (Å²) >= 11 is 4.91. The highest BCUT2D eigenvalue weighted by Gasteiger charge is 2.32. The third-order valence-corrected chi connectivity index (χ3v) is 6.74. The fourth-order valence-corrected chi connectivity index (χ4v) is 4.82. The summed E-state index contributed by atoms with van der Waals surface area (Å²) < 4.78 is 14.5. The van der Waals surface area contributed by atoms with Crippen LogP contribution in [0.2, 0.25) is 0 Å². The second-order valence-corrected chi connectivity index (χ2v) is 9.24. The van der Waals surface area contributed by atoms with Gasteiger partial charge in [0.2, 0.25) is 5.13 Å². The number of halogens is 2. The van der Waals surface area contributed by atoms with Crippen LogP contribution in [0.3, 0.4) is 0 Å². The summed E-state index contributed by atoms with van der Waals surface area (Å²) in [5.74, 6) is -0.310. The van der Waals surface area contributed by atoms with E-state index < -0.39 is 4.92 Å². The molecule has 4 aromatic rings. The number of benzene rings is 3. The quantitative estimate of drug-likeness (QED) is 0.209. The molecule has 0 N–H and O–H groups in total. The van der Waals surface area contributed by atoms with Crippen molar-refractivity contribution < 1.29 is 9.31 Å². The smallest absolute Gasteiger partial charge is 0.258 e. The van der Waals surface area contributed by atoms with Gasteiger partial charge in [0.25, 0.3) is 5.69 Å². The van der Waals surface area contributed by atoms with Gasteiger partial charge in [0.1, 0.15) is 5.82 Å². The van der Waals surface area contributed by atoms with Gasteiger partial charge in [-0.1, -0.05) is 52.3 Å². The van der Waals surface area contributed by atoms with Crippen LogP contribution in [0, 0.1) is 15.9 Å². The first-order valence-electron chi connectivity index (χ1n) is 10.1.